The van der Waals surface area contributed by atoms with Gasteiger partial charge in [-0.3, -0.25) is 0 Å². The molecule has 0 saturated carbocycles. The standard InChI is InChI=1S/C20H24N2O/c1-6-22-16(5)15(4)18-9-10-21-20(19(18)22)23-12-17-8-7-13(2)14(3)11-17/h7-11H,6,12H2,1-5H3. The topological polar surface area (TPSA) is 27.1 Å². The van der Waals surface area contributed by atoms with Crippen LogP contribution in [0.3, 0.4) is 0 Å². The molecule has 0 radical (unpaired) electrons. The summed E-state index contributed by atoms with van der Waals surface area (Å²) in [6.07, 6.45) is 1.84. The van der Waals surface area contributed by atoms with E-state index in [0.717, 1.165) is 17.9 Å². The summed E-state index contributed by atoms with van der Waals surface area (Å²) in [6, 6.07) is 8.53. The summed E-state index contributed by atoms with van der Waals surface area (Å²) in [6.45, 7) is 12.2. The molecule has 3 heteroatoms. The fraction of sp³-hybridized carbons (Fsp3) is 0.350. The number of aromatic nitrogens is 2. The number of rotatable bonds is 4. The summed E-state index contributed by atoms with van der Waals surface area (Å²) in [5.74, 6) is 0.721. The summed E-state index contributed by atoms with van der Waals surface area (Å²) in [5.41, 5.74) is 7.47. The van der Waals surface area contributed by atoms with Gasteiger partial charge in [0.1, 0.15) is 12.1 Å². The van der Waals surface area contributed by atoms with Crippen LogP contribution in [0.25, 0.3) is 10.9 Å². The average Bonchev–Trinajstić information content (AvgIpc) is 2.80. The van der Waals surface area contributed by atoms with Gasteiger partial charge in [0.2, 0.25) is 5.88 Å². The molecule has 3 aromatic rings. The molecule has 0 amide bonds. The molecular weight excluding hydrogens is 284 g/mol. The lowest BCUT2D eigenvalue weighted by Crippen LogP contribution is -2.02. The van der Waals surface area contributed by atoms with Gasteiger partial charge >= 0.3 is 0 Å². The van der Waals surface area contributed by atoms with E-state index in [0.29, 0.717) is 6.61 Å². The minimum Gasteiger partial charge on any atom is -0.471 e. The molecule has 0 atom stereocenters. The van der Waals surface area contributed by atoms with Crippen LogP contribution >= 0.6 is 0 Å². The molecule has 2 aromatic heterocycles. The second-order valence-corrected chi connectivity index (χ2v) is 6.17. The maximum Gasteiger partial charge on any atom is 0.238 e. The van der Waals surface area contributed by atoms with Crippen molar-refractivity contribution < 1.29 is 4.74 Å². The Morgan fingerprint density at radius 1 is 1.04 bits per heavy atom. The van der Waals surface area contributed by atoms with Crippen molar-refractivity contribution in [2.45, 2.75) is 47.8 Å². The lowest BCUT2D eigenvalue weighted by Gasteiger charge is -2.11. The van der Waals surface area contributed by atoms with Crippen LogP contribution in [0.5, 0.6) is 5.88 Å². The predicted molar refractivity (Wildman–Crippen MR) is 95.1 cm³/mol. The van der Waals surface area contributed by atoms with Gasteiger partial charge in [0.25, 0.3) is 0 Å². The monoisotopic (exact) mass is 308 g/mol. The average molecular weight is 308 g/mol. The summed E-state index contributed by atoms with van der Waals surface area (Å²) in [7, 11) is 0. The maximum absolute atomic E-state index is 6.08. The second-order valence-electron chi connectivity index (χ2n) is 6.17. The zero-order chi connectivity index (χ0) is 16.6. The Morgan fingerprint density at radius 2 is 1.83 bits per heavy atom. The van der Waals surface area contributed by atoms with Crippen LogP contribution < -0.4 is 4.74 Å². The van der Waals surface area contributed by atoms with Crippen LogP contribution in [0, 0.1) is 27.7 Å². The summed E-state index contributed by atoms with van der Waals surface area (Å²) in [4.78, 5) is 4.48. The van der Waals surface area contributed by atoms with E-state index >= 15 is 0 Å². The third-order valence-corrected chi connectivity index (χ3v) is 4.78. The highest BCUT2D eigenvalue weighted by Crippen LogP contribution is 2.31. The maximum atomic E-state index is 6.08. The predicted octanol–water partition coefficient (Wildman–Crippen LogP) is 4.87. The molecule has 0 saturated heterocycles. The number of fused-ring (bicyclic) bond motifs is 1. The van der Waals surface area contributed by atoms with Gasteiger partial charge in [0.05, 0.1) is 0 Å². The van der Waals surface area contributed by atoms with E-state index in [1.54, 1.807) is 0 Å². The lowest BCUT2D eigenvalue weighted by atomic mass is 10.1. The molecule has 0 aliphatic carbocycles. The second kappa shape index (κ2) is 6.07. The Morgan fingerprint density at radius 3 is 2.52 bits per heavy atom. The molecule has 0 fully saturated rings. The first kappa shape index (κ1) is 15.6. The SMILES string of the molecule is CCn1c(C)c(C)c2ccnc(OCc3ccc(C)c(C)c3)c21. The zero-order valence-electron chi connectivity index (χ0n) is 14.6. The molecule has 0 aliphatic rings. The minimum absolute atomic E-state index is 0.542. The highest BCUT2D eigenvalue weighted by atomic mass is 16.5. The van der Waals surface area contributed by atoms with Gasteiger partial charge in [-0.2, -0.15) is 0 Å². The van der Waals surface area contributed by atoms with E-state index in [2.05, 4.69) is 68.4 Å². The Hall–Kier alpha value is -2.29. The van der Waals surface area contributed by atoms with Crippen molar-refractivity contribution in [3.8, 4) is 5.88 Å². The van der Waals surface area contributed by atoms with Gasteiger partial charge in [-0.1, -0.05) is 18.2 Å². The van der Waals surface area contributed by atoms with Crippen LogP contribution in [0.1, 0.15) is 34.9 Å². The summed E-state index contributed by atoms with van der Waals surface area (Å²) in [5, 5.41) is 1.23. The molecule has 23 heavy (non-hydrogen) atoms. The highest BCUT2D eigenvalue weighted by molar-refractivity contribution is 5.88. The smallest absolute Gasteiger partial charge is 0.238 e. The van der Waals surface area contributed by atoms with E-state index in [4.69, 9.17) is 4.74 Å². The van der Waals surface area contributed by atoms with Crippen molar-refractivity contribution in [2.75, 3.05) is 0 Å². The fourth-order valence-corrected chi connectivity index (χ4v) is 3.11. The third kappa shape index (κ3) is 2.72. The van der Waals surface area contributed by atoms with Gasteiger partial charge in [-0.25, -0.2) is 4.98 Å². The van der Waals surface area contributed by atoms with Crippen molar-refractivity contribution in [2.24, 2.45) is 0 Å². The summed E-state index contributed by atoms with van der Waals surface area (Å²) >= 11 is 0. The molecular formula is C20H24N2O. The fourth-order valence-electron chi connectivity index (χ4n) is 3.11. The number of pyridine rings is 1. The van der Waals surface area contributed by atoms with E-state index in [-0.39, 0.29) is 0 Å². The van der Waals surface area contributed by atoms with Crippen LogP contribution in [0.4, 0.5) is 0 Å². The Balaban J connectivity index is 1.97. The van der Waals surface area contributed by atoms with Gasteiger partial charge < -0.3 is 9.30 Å². The Kier molecular flexibility index (Phi) is 4.12. The Labute approximate surface area is 137 Å². The molecule has 0 N–H and O–H groups in total. The molecule has 120 valence electrons. The first-order chi connectivity index (χ1) is 11.0. The quantitative estimate of drug-likeness (QED) is 0.687. The van der Waals surface area contributed by atoms with E-state index < -0.39 is 0 Å². The molecule has 0 unspecified atom stereocenters. The summed E-state index contributed by atoms with van der Waals surface area (Å²) < 4.78 is 8.36. The number of ether oxygens (including phenoxy) is 1. The number of hydrogen-bond donors (Lipinski definition) is 0. The van der Waals surface area contributed by atoms with E-state index in [9.17, 15) is 0 Å². The number of benzene rings is 1. The van der Waals surface area contributed by atoms with Crippen molar-refractivity contribution in [1.82, 2.24) is 9.55 Å². The first-order valence-electron chi connectivity index (χ1n) is 8.16. The highest BCUT2D eigenvalue weighted by Gasteiger charge is 2.15. The molecule has 0 bridgehead atoms. The largest absolute Gasteiger partial charge is 0.471 e. The molecule has 0 aliphatic heterocycles. The number of hydrogen-bond acceptors (Lipinski definition) is 2. The van der Waals surface area contributed by atoms with Crippen molar-refractivity contribution in [3.63, 3.8) is 0 Å². The van der Waals surface area contributed by atoms with Crippen molar-refractivity contribution in [3.05, 3.63) is 58.4 Å². The molecule has 2 heterocycles. The van der Waals surface area contributed by atoms with Gasteiger partial charge in [0, 0.05) is 23.8 Å². The van der Waals surface area contributed by atoms with Crippen molar-refractivity contribution in [1.29, 1.82) is 0 Å². The van der Waals surface area contributed by atoms with Crippen LogP contribution in [0.15, 0.2) is 30.5 Å². The Bertz CT molecular complexity index is 862. The number of nitrogens with zero attached hydrogens (tertiary/aromatic N) is 2. The molecule has 0 spiro atoms. The third-order valence-electron chi connectivity index (χ3n) is 4.78. The number of aryl methyl sites for hydroxylation is 4. The van der Waals surface area contributed by atoms with Gasteiger partial charge in [-0.05, 0) is 62.9 Å². The van der Waals surface area contributed by atoms with Gasteiger partial charge in [0.15, 0.2) is 0 Å². The van der Waals surface area contributed by atoms with E-state index in [1.807, 2.05) is 6.20 Å². The van der Waals surface area contributed by atoms with Crippen LogP contribution in [-0.2, 0) is 13.2 Å². The minimum atomic E-state index is 0.542. The molecule has 1 aromatic carbocycles. The van der Waals surface area contributed by atoms with Gasteiger partial charge in [-0.15, -0.1) is 0 Å². The van der Waals surface area contributed by atoms with E-state index in [1.165, 1.54) is 33.3 Å². The molecule has 3 nitrogen and oxygen atoms in total. The van der Waals surface area contributed by atoms with Crippen LogP contribution in [0.2, 0.25) is 0 Å². The lowest BCUT2D eigenvalue weighted by molar-refractivity contribution is 0.296. The van der Waals surface area contributed by atoms with Crippen molar-refractivity contribution >= 4 is 10.9 Å². The van der Waals surface area contributed by atoms with Crippen LogP contribution in [-0.4, -0.2) is 9.55 Å². The molecule has 3 rings (SSSR count). The zero-order valence-corrected chi connectivity index (χ0v) is 14.6. The normalized spacial score (nSPS) is 11.2. The first-order valence-corrected chi connectivity index (χ1v) is 8.16.